The molecule has 0 saturated heterocycles. The molecule has 0 spiro atoms. The van der Waals surface area contributed by atoms with E-state index in [-0.39, 0.29) is 34.6 Å². The molecule has 0 bridgehead atoms. The van der Waals surface area contributed by atoms with Crippen molar-refractivity contribution < 1.29 is 22.9 Å². The number of nitrogens with zero attached hydrogens (tertiary/aromatic N) is 3. The molecule has 0 heterocycles. The second kappa shape index (κ2) is 14.4. The van der Waals surface area contributed by atoms with Gasteiger partial charge in [-0.15, -0.1) is 0 Å². The van der Waals surface area contributed by atoms with Crippen LogP contribution in [0.4, 0.5) is 11.4 Å². The fraction of sp³-hybridized carbons (Fsp3) is 0.333. The van der Waals surface area contributed by atoms with E-state index in [1.165, 1.54) is 41.3 Å². The number of nitrogens with one attached hydrogen (secondary N) is 1. The third kappa shape index (κ3) is 8.37. The van der Waals surface area contributed by atoms with Crippen LogP contribution in [-0.2, 0) is 26.0 Å². The Morgan fingerprint density at radius 3 is 2.05 bits per heavy atom. The predicted octanol–water partition coefficient (Wildman–Crippen LogP) is 4.41. The minimum absolute atomic E-state index is 0.0382. The number of carbonyl (C=O) groups is 2. The monoisotopic (exact) mass is 580 g/mol. The quantitative estimate of drug-likeness (QED) is 0.222. The summed E-state index contributed by atoms with van der Waals surface area (Å²) in [6.07, 6.45) is 0.789. The minimum atomic E-state index is -4.24. The van der Waals surface area contributed by atoms with E-state index in [0.29, 0.717) is 19.4 Å². The van der Waals surface area contributed by atoms with E-state index in [9.17, 15) is 28.1 Å². The summed E-state index contributed by atoms with van der Waals surface area (Å²) in [5.74, 6) is -0.667. The van der Waals surface area contributed by atoms with Gasteiger partial charge in [-0.3, -0.25) is 24.0 Å². The van der Waals surface area contributed by atoms with Gasteiger partial charge in [0.25, 0.3) is 15.7 Å². The number of amides is 2. The lowest BCUT2D eigenvalue weighted by Gasteiger charge is -2.33. The standard InChI is InChI=1S/C30H36N4O6S/c1-4-28(30(36)31-21-23(2)3)32(20-19-24-11-7-5-8-12-24)29(35)22-33(25-15-17-26(18-16-25)34(37)38)41(39,40)27-13-9-6-10-14-27/h5-18,23,28H,4,19-22H2,1-3H3,(H,31,36). The van der Waals surface area contributed by atoms with Crippen molar-refractivity contribution in [1.29, 1.82) is 0 Å². The molecular formula is C30H36N4O6S. The number of anilines is 1. The van der Waals surface area contributed by atoms with Crippen LogP contribution in [0.3, 0.4) is 0 Å². The first kappa shape index (κ1) is 31.3. The van der Waals surface area contributed by atoms with Gasteiger partial charge in [-0.05, 0) is 48.6 Å². The molecule has 0 fully saturated rings. The van der Waals surface area contributed by atoms with Crippen molar-refractivity contribution in [1.82, 2.24) is 10.2 Å². The van der Waals surface area contributed by atoms with Gasteiger partial charge < -0.3 is 10.2 Å². The summed E-state index contributed by atoms with van der Waals surface area (Å²) < 4.78 is 28.5. The van der Waals surface area contributed by atoms with Crippen LogP contribution in [0.15, 0.2) is 89.8 Å². The summed E-state index contributed by atoms with van der Waals surface area (Å²) in [7, 11) is -4.24. The van der Waals surface area contributed by atoms with Gasteiger partial charge in [-0.25, -0.2) is 8.42 Å². The predicted molar refractivity (Wildman–Crippen MR) is 158 cm³/mol. The average molecular weight is 581 g/mol. The molecule has 11 heteroatoms. The van der Waals surface area contributed by atoms with E-state index in [4.69, 9.17) is 0 Å². The minimum Gasteiger partial charge on any atom is -0.354 e. The molecule has 2 amide bonds. The van der Waals surface area contributed by atoms with Gasteiger partial charge in [0.15, 0.2) is 0 Å². The highest BCUT2D eigenvalue weighted by Crippen LogP contribution is 2.26. The van der Waals surface area contributed by atoms with Crippen LogP contribution >= 0.6 is 0 Å². The molecule has 218 valence electrons. The van der Waals surface area contributed by atoms with Gasteiger partial charge in [0.05, 0.1) is 15.5 Å². The number of nitro benzene ring substituents is 1. The Kier molecular flexibility index (Phi) is 11.0. The molecule has 3 aromatic carbocycles. The second-order valence-electron chi connectivity index (χ2n) is 9.98. The van der Waals surface area contributed by atoms with Gasteiger partial charge in [0, 0.05) is 25.2 Å². The zero-order valence-corrected chi connectivity index (χ0v) is 24.3. The first-order valence-corrected chi connectivity index (χ1v) is 14.9. The fourth-order valence-corrected chi connectivity index (χ4v) is 5.74. The highest BCUT2D eigenvalue weighted by molar-refractivity contribution is 7.92. The number of carbonyl (C=O) groups excluding carboxylic acids is 2. The second-order valence-corrected chi connectivity index (χ2v) is 11.8. The average Bonchev–Trinajstić information content (AvgIpc) is 2.97. The highest BCUT2D eigenvalue weighted by Gasteiger charge is 2.33. The van der Waals surface area contributed by atoms with Crippen LogP contribution in [0.2, 0.25) is 0 Å². The maximum Gasteiger partial charge on any atom is 0.269 e. The summed E-state index contributed by atoms with van der Waals surface area (Å²) in [6, 6.07) is 21.3. The Balaban J connectivity index is 2.00. The summed E-state index contributed by atoms with van der Waals surface area (Å²) in [6.45, 7) is 5.77. The maximum atomic E-state index is 14.0. The third-order valence-electron chi connectivity index (χ3n) is 6.51. The number of hydrogen-bond donors (Lipinski definition) is 1. The lowest BCUT2D eigenvalue weighted by Crippen LogP contribution is -2.53. The SMILES string of the molecule is CCC(C(=O)NCC(C)C)N(CCc1ccccc1)C(=O)CN(c1ccc([N+](=O)[O-])cc1)S(=O)(=O)c1ccccc1. The molecule has 3 aromatic rings. The van der Waals surface area contributed by atoms with Gasteiger partial charge in [0.2, 0.25) is 11.8 Å². The molecule has 0 aliphatic heterocycles. The largest absolute Gasteiger partial charge is 0.354 e. The van der Waals surface area contributed by atoms with E-state index in [1.54, 1.807) is 25.1 Å². The number of hydrogen-bond acceptors (Lipinski definition) is 6. The first-order valence-electron chi connectivity index (χ1n) is 13.5. The zero-order chi connectivity index (χ0) is 30.0. The van der Waals surface area contributed by atoms with Gasteiger partial charge in [0.1, 0.15) is 12.6 Å². The van der Waals surface area contributed by atoms with Crippen molar-refractivity contribution in [3.05, 3.63) is 101 Å². The molecule has 0 aliphatic carbocycles. The van der Waals surface area contributed by atoms with E-state index in [0.717, 1.165) is 9.87 Å². The molecular weight excluding hydrogens is 544 g/mol. The molecule has 10 nitrogen and oxygen atoms in total. The molecule has 1 unspecified atom stereocenters. The molecule has 0 saturated carbocycles. The van der Waals surface area contributed by atoms with Crippen LogP contribution in [0, 0.1) is 16.0 Å². The van der Waals surface area contributed by atoms with Gasteiger partial charge >= 0.3 is 0 Å². The topological polar surface area (TPSA) is 130 Å². The molecule has 3 rings (SSSR count). The van der Waals surface area contributed by atoms with E-state index < -0.39 is 33.4 Å². The highest BCUT2D eigenvalue weighted by atomic mass is 32.2. The Hall–Kier alpha value is -4.25. The number of non-ortho nitro benzene ring substituents is 1. The molecule has 41 heavy (non-hydrogen) atoms. The molecule has 0 radical (unpaired) electrons. The Morgan fingerprint density at radius 1 is 0.927 bits per heavy atom. The first-order chi connectivity index (χ1) is 19.5. The van der Waals surface area contributed by atoms with Crippen molar-refractivity contribution in [3.8, 4) is 0 Å². The van der Waals surface area contributed by atoms with E-state index in [2.05, 4.69) is 5.32 Å². The van der Waals surface area contributed by atoms with Crippen molar-refractivity contribution in [3.63, 3.8) is 0 Å². The molecule has 0 aromatic heterocycles. The summed E-state index contributed by atoms with van der Waals surface area (Å²) >= 11 is 0. The van der Waals surface area contributed by atoms with Gasteiger partial charge in [-0.2, -0.15) is 0 Å². The fourth-order valence-electron chi connectivity index (χ4n) is 4.31. The van der Waals surface area contributed by atoms with Crippen LogP contribution in [0.25, 0.3) is 0 Å². The van der Waals surface area contributed by atoms with Crippen molar-refractivity contribution >= 4 is 33.2 Å². The summed E-state index contributed by atoms with van der Waals surface area (Å²) in [4.78, 5) is 39.2. The molecule has 0 aliphatic rings. The van der Waals surface area contributed by atoms with E-state index >= 15 is 0 Å². The lowest BCUT2D eigenvalue weighted by molar-refractivity contribution is -0.384. The Morgan fingerprint density at radius 2 is 1.51 bits per heavy atom. The number of sulfonamides is 1. The smallest absolute Gasteiger partial charge is 0.269 e. The van der Waals surface area contributed by atoms with Crippen LogP contribution in [-0.4, -0.2) is 55.7 Å². The van der Waals surface area contributed by atoms with Crippen LogP contribution in [0.1, 0.15) is 32.8 Å². The number of rotatable bonds is 14. The maximum absolute atomic E-state index is 14.0. The van der Waals surface area contributed by atoms with Crippen LogP contribution in [0.5, 0.6) is 0 Å². The van der Waals surface area contributed by atoms with Gasteiger partial charge in [-0.1, -0.05) is 69.3 Å². The Labute approximate surface area is 241 Å². The van der Waals surface area contributed by atoms with Crippen molar-refractivity contribution in [2.75, 3.05) is 23.9 Å². The number of nitro groups is 1. The zero-order valence-electron chi connectivity index (χ0n) is 23.5. The number of benzene rings is 3. The molecule has 1 atom stereocenters. The summed E-state index contributed by atoms with van der Waals surface area (Å²) in [5, 5.41) is 14.1. The van der Waals surface area contributed by atoms with Crippen molar-refractivity contribution in [2.45, 2.75) is 44.6 Å². The summed E-state index contributed by atoms with van der Waals surface area (Å²) in [5.41, 5.74) is 0.842. The Bertz CT molecular complexity index is 1410. The third-order valence-corrected chi connectivity index (χ3v) is 8.30. The van der Waals surface area contributed by atoms with Crippen LogP contribution < -0.4 is 9.62 Å². The lowest BCUT2D eigenvalue weighted by atomic mass is 10.1. The van der Waals surface area contributed by atoms with Crippen molar-refractivity contribution in [2.24, 2.45) is 5.92 Å². The normalized spacial score (nSPS) is 12.0. The molecule has 1 N–H and O–H groups in total. The van der Waals surface area contributed by atoms with E-state index in [1.807, 2.05) is 44.2 Å².